The lowest BCUT2D eigenvalue weighted by molar-refractivity contribution is -0.114. The molecule has 1 aromatic carbocycles. The summed E-state index contributed by atoms with van der Waals surface area (Å²) in [5.74, 6) is -0.972. The van der Waals surface area contributed by atoms with Crippen LogP contribution in [0.5, 0.6) is 0 Å². The van der Waals surface area contributed by atoms with Gasteiger partial charge in [-0.05, 0) is 17.9 Å². The van der Waals surface area contributed by atoms with Crippen LogP contribution in [0.15, 0.2) is 24.3 Å². The molecule has 0 unspecified atom stereocenters. The Balaban J connectivity index is 2.81. The molecular weight excluding hydrogens is 190 g/mol. The van der Waals surface area contributed by atoms with Gasteiger partial charge >= 0.3 is 0 Å². The molecule has 0 aliphatic carbocycles. The lowest BCUT2D eigenvalue weighted by Gasteiger charge is -2.05. The maximum Gasteiger partial charge on any atom is 0.289 e. The van der Waals surface area contributed by atoms with Crippen LogP contribution in [-0.2, 0) is 11.2 Å². The summed E-state index contributed by atoms with van der Waals surface area (Å²) in [6.07, 6.45) is 0.963. The minimum absolute atomic E-state index is 0.356. The summed E-state index contributed by atoms with van der Waals surface area (Å²) in [5.41, 5.74) is 6.41. The molecule has 1 rings (SSSR count). The second-order valence-electron chi connectivity index (χ2n) is 3.99. The Morgan fingerprint density at radius 3 is 2.13 bits per heavy atom. The molecule has 0 atom stereocenters. The smallest absolute Gasteiger partial charge is 0.289 e. The van der Waals surface area contributed by atoms with Crippen LogP contribution >= 0.6 is 0 Å². The molecule has 1 aromatic rings. The van der Waals surface area contributed by atoms with Crippen LogP contribution in [0.4, 0.5) is 0 Å². The molecule has 0 aliphatic rings. The van der Waals surface area contributed by atoms with Gasteiger partial charge < -0.3 is 5.73 Å². The van der Waals surface area contributed by atoms with E-state index in [9.17, 15) is 9.59 Å². The van der Waals surface area contributed by atoms with Crippen molar-refractivity contribution in [3.05, 3.63) is 35.4 Å². The van der Waals surface area contributed by atoms with Crippen molar-refractivity contribution >= 4 is 11.7 Å². The van der Waals surface area contributed by atoms with Gasteiger partial charge in [-0.15, -0.1) is 0 Å². The van der Waals surface area contributed by atoms with E-state index in [1.807, 2.05) is 12.1 Å². The number of ketones is 1. The summed E-state index contributed by atoms with van der Waals surface area (Å²) in [7, 11) is 0. The maximum atomic E-state index is 11.2. The Labute approximate surface area is 89.3 Å². The second-order valence-corrected chi connectivity index (χ2v) is 3.99. The lowest BCUT2D eigenvalue weighted by Crippen LogP contribution is -2.22. The number of carbonyl (C=O) groups is 2. The Morgan fingerprint density at radius 2 is 1.73 bits per heavy atom. The molecule has 2 N–H and O–H groups in total. The molecule has 15 heavy (non-hydrogen) atoms. The average molecular weight is 205 g/mol. The fourth-order valence-corrected chi connectivity index (χ4v) is 1.41. The summed E-state index contributed by atoms with van der Waals surface area (Å²) < 4.78 is 0. The van der Waals surface area contributed by atoms with Crippen LogP contribution in [0.3, 0.4) is 0 Å². The molecule has 0 saturated heterocycles. The molecule has 0 aromatic heterocycles. The van der Waals surface area contributed by atoms with Crippen molar-refractivity contribution < 1.29 is 9.59 Å². The van der Waals surface area contributed by atoms with E-state index in [1.165, 1.54) is 0 Å². The summed E-state index contributed by atoms with van der Waals surface area (Å²) in [5, 5.41) is 0. The van der Waals surface area contributed by atoms with E-state index in [2.05, 4.69) is 13.8 Å². The molecule has 3 nitrogen and oxygen atoms in total. The standard InChI is InChI=1S/C12H15NO2/c1-8(2)7-9-3-5-10(6-4-9)11(14)12(13)15/h3-6,8H,7H2,1-2H3,(H2,13,15). The van der Waals surface area contributed by atoms with Crippen LogP contribution in [0.25, 0.3) is 0 Å². The Hall–Kier alpha value is -1.64. The van der Waals surface area contributed by atoms with E-state index < -0.39 is 11.7 Å². The molecule has 0 fully saturated rings. The quantitative estimate of drug-likeness (QED) is 0.599. The van der Waals surface area contributed by atoms with Crippen molar-refractivity contribution in [3.8, 4) is 0 Å². The highest BCUT2D eigenvalue weighted by atomic mass is 16.2. The first-order valence-electron chi connectivity index (χ1n) is 4.93. The largest absolute Gasteiger partial charge is 0.363 e. The minimum atomic E-state index is -0.911. The van der Waals surface area contributed by atoms with Gasteiger partial charge in [0.05, 0.1) is 0 Å². The van der Waals surface area contributed by atoms with Crippen LogP contribution in [0, 0.1) is 5.92 Å². The van der Waals surface area contributed by atoms with E-state index in [0.29, 0.717) is 11.5 Å². The molecule has 0 bridgehead atoms. The maximum absolute atomic E-state index is 11.2. The Bertz CT molecular complexity index is 366. The number of Topliss-reactive ketones (excluding diaryl/α,β-unsaturated/α-hetero) is 1. The predicted molar refractivity (Wildman–Crippen MR) is 58.5 cm³/mol. The predicted octanol–water partition coefficient (Wildman–Crippen LogP) is 1.55. The molecule has 1 amide bonds. The third-order valence-corrected chi connectivity index (χ3v) is 2.08. The highest BCUT2D eigenvalue weighted by Crippen LogP contribution is 2.10. The van der Waals surface area contributed by atoms with Crippen molar-refractivity contribution in [2.45, 2.75) is 20.3 Å². The van der Waals surface area contributed by atoms with E-state index >= 15 is 0 Å². The van der Waals surface area contributed by atoms with Gasteiger partial charge in [-0.1, -0.05) is 38.1 Å². The average Bonchev–Trinajstić information content (AvgIpc) is 2.17. The highest BCUT2D eigenvalue weighted by molar-refractivity contribution is 6.42. The van der Waals surface area contributed by atoms with E-state index in [0.717, 1.165) is 12.0 Å². The van der Waals surface area contributed by atoms with Crippen LogP contribution in [0.2, 0.25) is 0 Å². The van der Waals surface area contributed by atoms with Gasteiger partial charge in [-0.3, -0.25) is 9.59 Å². The fraction of sp³-hybridized carbons (Fsp3) is 0.333. The first kappa shape index (κ1) is 11.4. The molecule has 3 heteroatoms. The highest BCUT2D eigenvalue weighted by Gasteiger charge is 2.11. The van der Waals surface area contributed by atoms with Gasteiger partial charge in [-0.2, -0.15) is 0 Å². The number of hydrogen-bond acceptors (Lipinski definition) is 2. The Kier molecular flexibility index (Phi) is 3.61. The first-order chi connectivity index (χ1) is 7.00. The zero-order chi connectivity index (χ0) is 11.4. The minimum Gasteiger partial charge on any atom is -0.363 e. The van der Waals surface area contributed by atoms with E-state index in [-0.39, 0.29) is 0 Å². The summed E-state index contributed by atoms with van der Waals surface area (Å²) in [6, 6.07) is 7.00. The normalized spacial score (nSPS) is 10.3. The molecular formula is C12H15NO2. The van der Waals surface area contributed by atoms with E-state index in [4.69, 9.17) is 5.73 Å². The number of primary amides is 1. The van der Waals surface area contributed by atoms with Gasteiger partial charge in [0, 0.05) is 5.56 Å². The third kappa shape index (κ3) is 3.20. The SMILES string of the molecule is CC(C)Cc1ccc(C(=O)C(N)=O)cc1. The molecule has 0 heterocycles. The zero-order valence-corrected chi connectivity index (χ0v) is 8.99. The second kappa shape index (κ2) is 4.73. The number of rotatable bonds is 4. The van der Waals surface area contributed by atoms with E-state index in [1.54, 1.807) is 12.1 Å². The van der Waals surface area contributed by atoms with Gasteiger partial charge in [0.25, 0.3) is 5.91 Å². The monoisotopic (exact) mass is 205 g/mol. The molecule has 0 saturated carbocycles. The van der Waals surface area contributed by atoms with Crippen LogP contribution in [0.1, 0.15) is 29.8 Å². The third-order valence-electron chi connectivity index (χ3n) is 2.08. The number of amides is 1. The number of benzene rings is 1. The Morgan fingerprint density at radius 1 is 1.20 bits per heavy atom. The van der Waals surface area contributed by atoms with Gasteiger partial charge in [0.2, 0.25) is 5.78 Å². The van der Waals surface area contributed by atoms with Crippen molar-refractivity contribution in [1.82, 2.24) is 0 Å². The van der Waals surface area contributed by atoms with Crippen molar-refractivity contribution in [2.75, 3.05) is 0 Å². The molecule has 0 aliphatic heterocycles. The van der Waals surface area contributed by atoms with Crippen LogP contribution < -0.4 is 5.73 Å². The van der Waals surface area contributed by atoms with Gasteiger partial charge in [0.1, 0.15) is 0 Å². The number of hydrogen-bond donors (Lipinski definition) is 1. The van der Waals surface area contributed by atoms with Crippen molar-refractivity contribution in [1.29, 1.82) is 0 Å². The zero-order valence-electron chi connectivity index (χ0n) is 8.99. The molecule has 0 radical (unpaired) electrons. The first-order valence-corrected chi connectivity index (χ1v) is 4.93. The number of nitrogens with two attached hydrogens (primary N) is 1. The molecule has 0 spiro atoms. The van der Waals surface area contributed by atoms with Crippen LogP contribution in [-0.4, -0.2) is 11.7 Å². The lowest BCUT2D eigenvalue weighted by atomic mass is 10.0. The fourth-order valence-electron chi connectivity index (χ4n) is 1.41. The van der Waals surface area contributed by atoms with Gasteiger partial charge in [0.15, 0.2) is 0 Å². The van der Waals surface area contributed by atoms with Crippen molar-refractivity contribution in [2.24, 2.45) is 11.7 Å². The topological polar surface area (TPSA) is 60.2 Å². The van der Waals surface area contributed by atoms with Crippen molar-refractivity contribution in [3.63, 3.8) is 0 Å². The summed E-state index contributed by atoms with van der Waals surface area (Å²) in [6.45, 7) is 4.25. The van der Waals surface area contributed by atoms with Gasteiger partial charge in [-0.25, -0.2) is 0 Å². The summed E-state index contributed by atoms with van der Waals surface area (Å²) >= 11 is 0. The molecule has 80 valence electrons. The number of carbonyl (C=O) groups excluding carboxylic acids is 2. The summed E-state index contributed by atoms with van der Waals surface area (Å²) in [4.78, 5) is 21.8.